The number of para-hydroxylation sites is 1. The molecule has 2 rings (SSSR count). The fraction of sp³-hybridized carbons (Fsp3) is 0.375. The van der Waals surface area contributed by atoms with Crippen molar-refractivity contribution in [2.75, 3.05) is 6.61 Å². The minimum atomic E-state index is -0.443. The SMILES string of the molecule is CCC(O)c1ccccc1OCC1=CC=CCC1. The van der Waals surface area contributed by atoms with Crippen molar-refractivity contribution < 1.29 is 9.84 Å². The van der Waals surface area contributed by atoms with Crippen LogP contribution in [0.1, 0.15) is 37.9 Å². The third kappa shape index (κ3) is 3.23. The maximum absolute atomic E-state index is 9.94. The number of aliphatic hydroxyl groups is 1. The molecule has 1 aromatic rings. The van der Waals surface area contributed by atoms with Gasteiger partial charge in [-0.25, -0.2) is 0 Å². The van der Waals surface area contributed by atoms with E-state index in [0.29, 0.717) is 13.0 Å². The van der Waals surface area contributed by atoms with Gasteiger partial charge >= 0.3 is 0 Å². The van der Waals surface area contributed by atoms with Crippen molar-refractivity contribution in [2.24, 2.45) is 0 Å². The zero-order valence-electron chi connectivity index (χ0n) is 10.8. The second kappa shape index (κ2) is 6.41. The van der Waals surface area contributed by atoms with Crippen LogP contribution in [0, 0.1) is 0 Å². The molecule has 0 aliphatic heterocycles. The summed E-state index contributed by atoms with van der Waals surface area (Å²) in [6.07, 6.45) is 8.77. The number of rotatable bonds is 5. The van der Waals surface area contributed by atoms with E-state index in [4.69, 9.17) is 4.74 Å². The summed E-state index contributed by atoms with van der Waals surface area (Å²) in [6.45, 7) is 2.58. The Kier molecular flexibility index (Phi) is 4.59. The number of aliphatic hydroxyl groups excluding tert-OH is 1. The first-order valence-corrected chi connectivity index (χ1v) is 6.55. The second-order valence-corrected chi connectivity index (χ2v) is 4.54. The van der Waals surface area contributed by atoms with Crippen LogP contribution < -0.4 is 4.74 Å². The largest absolute Gasteiger partial charge is 0.489 e. The van der Waals surface area contributed by atoms with Crippen LogP contribution in [-0.4, -0.2) is 11.7 Å². The quantitative estimate of drug-likeness (QED) is 0.854. The molecule has 0 saturated heterocycles. The Morgan fingerprint density at radius 1 is 1.33 bits per heavy atom. The highest BCUT2D eigenvalue weighted by atomic mass is 16.5. The lowest BCUT2D eigenvalue weighted by molar-refractivity contribution is 0.168. The standard InChI is InChI=1S/C16H20O2/c1-2-15(17)14-10-6-7-11-16(14)18-12-13-8-4-3-5-9-13/h3-4,6-8,10-11,15,17H,2,5,9,12H2,1H3. The molecule has 0 fully saturated rings. The molecule has 0 saturated carbocycles. The number of benzene rings is 1. The maximum Gasteiger partial charge on any atom is 0.125 e. The molecule has 1 aromatic carbocycles. The van der Waals surface area contributed by atoms with Crippen LogP contribution in [0.25, 0.3) is 0 Å². The Morgan fingerprint density at radius 3 is 2.89 bits per heavy atom. The van der Waals surface area contributed by atoms with Crippen molar-refractivity contribution in [1.29, 1.82) is 0 Å². The Balaban J connectivity index is 2.04. The summed E-state index contributed by atoms with van der Waals surface area (Å²) >= 11 is 0. The van der Waals surface area contributed by atoms with Gasteiger partial charge in [-0.15, -0.1) is 0 Å². The van der Waals surface area contributed by atoms with Gasteiger partial charge in [0, 0.05) is 5.56 Å². The number of hydrogen-bond donors (Lipinski definition) is 1. The van der Waals surface area contributed by atoms with Gasteiger partial charge < -0.3 is 9.84 Å². The van der Waals surface area contributed by atoms with Gasteiger partial charge in [-0.1, -0.05) is 43.4 Å². The predicted molar refractivity (Wildman–Crippen MR) is 73.6 cm³/mol. The highest BCUT2D eigenvalue weighted by Crippen LogP contribution is 2.27. The van der Waals surface area contributed by atoms with Crippen molar-refractivity contribution in [3.63, 3.8) is 0 Å². The molecule has 0 heterocycles. The van der Waals surface area contributed by atoms with Crippen LogP contribution in [0.3, 0.4) is 0 Å². The molecular weight excluding hydrogens is 224 g/mol. The van der Waals surface area contributed by atoms with Gasteiger partial charge in [0.05, 0.1) is 6.10 Å². The van der Waals surface area contributed by atoms with Crippen molar-refractivity contribution in [3.8, 4) is 5.75 Å². The number of ether oxygens (including phenoxy) is 1. The smallest absolute Gasteiger partial charge is 0.125 e. The number of hydrogen-bond acceptors (Lipinski definition) is 2. The van der Waals surface area contributed by atoms with Crippen molar-refractivity contribution in [1.82, 2.24) is 0 Å². The van der Waals surface area contributed by atoms with Gasteiger partial charge in [-0.3, -0.25) is 0 Å². The van der Waals surface area contributed by atoms with Gasteiger partial charge in [0.25, 0.3) is 0 Å². The molecule has 0 bridgehead atoms. The minimum absolute atomic E-state index is 0.443. The first-order valence-electron chi connectivity index (χ1n) is 6.55. The van der Waals surface area contributed by atoms with Gasteiger partial charge in [0.15, 0.2) is 0 Å². The summed E-state index contributed by atoms with van der Waals surface area (Å²) < 4.78 is 5.84. The first-order chi connectivity index (χ1) is 8.81. The third-order valence-electron chi connectivity index (χ3n) is 3.18. The fourth-order valence-corrected chi connectivity index (χ4v) is 2.05. The Hall–Kier alpha value is -1.54. The summed E-state index contributed by atoms with van der Waals surface area (Å²) in [7, 11) is 0. The molecule has 18 heavy (non-hydrogen) atoms. The highest BCUT2D eigenvalue weighted by Gasteiger charge is 2.11. The van der Waals surface area contributed by atoms with Crippen LogP contribution in [0.5, 0.6) is 5.75 Å². The Bertz CT molecular complexity index is 446. The van der Waals surface area contributed by atoms with Crippen LogP contribution in [0.4, 0.5) is 0 Å². The van der Waals surface area contributed by atoms with Gasteiger partial charge in [-0.05, 0) is 30.9 Å². The molecule has 1 atom stereocenters. The lowest BCUT2D eigenvalue weighted by atomic mass is 10.1. The van der Waals surface area contributed by atoms with E-state index in [2.05, 4.69) is 18.2 Å². The Morgan fingerprint density at radius 2 is 2.17 bits per heavy atom. The van der Waals surface area contributed by atoms with Crippen molar-refractivity contribution in [2.45, 2.75) is 32.3 Å². The zero-order chi connectivity index (χ0) is 12.8. The lowest BCUT2D eigenvalue weighted by Gasteiger charge is -2.16. The van der Waals surface area contributed by atoms with E-state index >= 15 is 0 Å². The van der Waals surface area contributed by atoms with Crippen LogP contribution >= 0.6 is 0 Å². The molecule has 1 N–H and O–H groups in total. The first kappa shape index (κ1) is 12.9. The van der Waals surface area contributed by atoms with Gasteiger partial charge in [0.1, 0.15) is 12.4 Å². The summed E-state index contributed by atoms with van der Waals surface area (Å²) in [5.74, 6) is 0.794. The van der Waals surface area contributed by atoms with E-state index in [1.165, 1.54) is 5.57 Å². The monoisotopic (exact) mass is 244 g/mol. The van der Waals surface area contributed by atoms with Crippen molar-refractivity contribution in [3.05, 3.63) is 53.6 Å². The van der Waals surface area contributed by atoms with Crippen molar-refractivity contribution >= 4 is 0 Å². The average molecular weight is 244 g/mol. The van der Waals surface area contributed by atoms with Gasteiger partial charge in [0.2, 0.25) is 0 Å². The molecule has 96 valence electrons. The summed E-state index contributed by atoms with van der Waals surface area (Å²) in [4.78, 5) is 0. The van der Waals surface area contributed by atoms with E-state index in [0.717, 1.165) is 24.2 Å². The maximum atomic E-state index is 9.94. The van der Waals surface area contributed by atoms with E-state index < -0.39 is 6.10 Å². The molecule has 1 aliphatic rings. The Labute approximate surface area is 109 Å². The van der Waals surface area contributed by atoms with Crippen LogP contribution in [-0.2, 0) is 0 Å². The molecular formula is C16H20O2. The zero-order valence-corrected chi connectivity index (χ0v) is 10.8. The second-order valence-electron chi connectivity index (χ2n) is 4.54. The van der Waals surface area contributed by atoms with E-state index in [1.54, 1.807) is 0 Å². The summed E-state index contributed by atoms with van der Waals surface area (Å²) in [5.41, 5.74) is 2.19. The van der Waals surface area contributed by atoms with E-state index in [1.807, 2.05) is 31.2 Å². The fourth-order valence-electron chi connectivity index (χ4n) is 2.05. The highest BCUT2D eigenvalue weighted by molar-refractivity contribution is 5.35. The predicted octanol–water partition coefficient (Wildman–Crippen LogP) is 3.79. The molecule has 2 nitrogen and oxygen atoms in total. The van der Waals surface area contributed by atoms with Gasteiger partial charge in [-0.2, -0.15) is 0 Å². The van der Waals surface area contributed by atoms with E-state index in [-0.39, 0.29) is 0 Å². The molecule has 0 aromatic heterocycles. The molecule has 2 heteroatoms. The molecule has 0 radical (unpaired) electrons. The minimum Gasteiger partial charge on any atom is -0.489 e. The lowest BCUT2D eigenvalue weighted by Crippen LogP contribution is -2.06. The average Bonchev–Trinajstić information content (AvgIpc) is 2.45. The molecule has 1 aliphatic carbocycles. The van der Waals surface area contributed by atoms with Crippen LogP contribution in [0.15, 0.2) is 48.1 Å². The third-order valence-corrected chi connectivity index (χ3v) is 3.18. The summed E-state index contributed by atoms with van der Waals surface area (Å²) in [5, 5.41) is 9.94. The topological polar surface area (TPSA) is 29.5 Å². The number of allylic oxidation sites excluding steroid dienone is 3. The molecule has 0 amide bonds. The normalized spacial score (nSPS) is 16.2. The van der Waals surface area contributed by atoms with E-state index in [9.17, 15) is 5.11 Å². The van der Waals surface area contributed by atoms with Crippen LogP contribution in [0.2, 0.25) is 0 Å². The molecule has 1 unspecified atom stereocenters. The summed E-state index contributed by atoms with van der Waals surface area (Å²) in [6, 6.07) is 7.73. The molecule has 0 spiro atoms.